The van der Waals surface area contributed by atoms with Crippen LogP contribution >= 0.6 is 0 Å². The van der Waals surface area contributed by atoms with Gasteiger partial charge in [0.1, 0.15) is 30.8 Å². The number of aliphatic carboxylic acids is 1. The lowest BCUT2D eigenvalue weighted by Crippen LogP contribution is -2.29. The van der Waals surface area contributed by atoms with Crippen molar-refractivity contribution in [3.63, 3.8) is 0 Å². The quantitative estimate of drug-likeness (QED) is 0.598. The molecule has 6 nitrogen and oxygen atoms in total. The summed E-state index contributed by atoms with van der Waals surface area (Å²) in [6.07, 6.45) is -1.65. The van der Waals surface area contributed by atoms with Crippen molar-refractivity contribution < 1.29 is 29.2 Å². The zero-order chi connectivity index (χ0) is 21.4. The van der Waals surface area contributed by atoms with Crippen LogP contribution in [-0.2, 0) is 16.0 Å². The van der Waals surface area contributed by atoms with Crippen LogP contribution in [0.15, 0.2) is 42.5 Å². The number of benzene rings is 2. The number of aliphatic hydroxyl groups is 1. The summed E-state index contributed by atoms with van der Waals surface area (Å²) in [7, 11) is 0. The first kappa shape index (κ1) is 22.7. The number of hydrogen-bond donors (Lipinski definition) is 2. The molecule has 0 bridgehead atoms. The summed E-state index contributed by atoms with van der Waals surface area (Å²) >= 11 is 0. The minimum Gasteiger partial charge on any atom is -0.491 e. The smallest absolute Gasteiger partial charge is 0.333 e. The van der Waals surface area contributed by atoms with Gasteiger partial charge < -0.3 is 24.4 Å². The normalized spacial score (nSPS) is 13.2. The fourth-order valence-electron chi connectivity index (χ4n) is 2.74. The predicted octanol–water partition coefficient (Wildman–Crippen LogP) is 3.54. The van der Waals surface area contributed by atoms with E-state index in [1.165, 1.54) is 5.56 Å². The first-order chi connectivity index (χ1) is 13.7. The van der Waals surface area contributed by atoms with Crippen molar-refractivity contribution in [2.75, 3.05) is 13.2 Å². The van der Waals surface area contributed by atoms with Gasteiger partial charge in [0, 0.05) is 6.42 Å². The maximum Gasteiger partial charge on any atom is 0.333 e. The van der Waals surface area contributed by atoms with Crippen molar-refractivity contribution in [3.05, 3.63) is 59.2 Å². The number of aryl methyl sites for hydroxylation is 2. The number of hydrogen-bond acceptors (Lipinski definition) is 5. The fraction of sp³-hybridized carbons (Fsp3) is 0.435. The highest BCUT2D eigenvalue weighted by Crippen LogP contribution is 2.18. The third kappa shape index (κ3) is 7.75. The van der Waals surface area contributed by atoms with Crippen LogP contribution in [0.2, 0.25) is 0 Å². The van der Waals surface area contributed by atoms with E-state index in [0.29, 0.717) is 11.5 Å². The van der Waals surface area contributed by atoms with Crippen LogP contribution in [0.4, 0.5) is 0 Å². The summed E-state index contributed by atoms with van der Waals surface area (Å²) in [5, 5.41) is 19.4. The Bertz CT molecular complexity index is 802. The zero-order valence-electron chi connectivity index (χ0n) is 17.4. The molecule has 0 radical (unpaired) electrons. The summed E-state index contributed by atoms with van der Waals surface area (Å²) < 4.78 is 16.7. The Kier molecular flexibility index (Phi) is 8.49. The summed E-state index contributed by atoms with van der Waals surface area (Å²) in [6.45, 7) is 7.83. The number of carboxylic acid groups (broad SMARTS) is 1. The van der Waals surface area contributed by atoms with Crippen molar-refractivity contribution in [1.82, 2.24) is 0 Å². The second-order valence-electron chi connectivity index (χ2n) is 7.39. The Balaban J connectivity index is 1.86. The number of carbonyl (C=O) groups is 1. The highest BCUT2D eigenvalue weighted by molar-refractivity contribution is 5.72. The largest absolute Gasteiger partial charge is 0.491 e. The Morgan fingerprint density at radius 2 is 1.62 bits per heavy atom. The van der Waals surface area contributed by atoms with Gasteiger partial charge in [0.2, 0.25) is 0 Å². The van der Waals surface area contributed by atoms with E-state index in [1.54, 1.807) is 32.0 Å². The molecule has 6 heteroatoms. The first-order valence-corrected chi connectivity index (χ1v) is 9.72. The van der Waals surface area contributed by atoms with Crippen LogP contribution in [-0.4, -0.2) is 47.7 Å². The fourth-order valence-corrected chi connectivity index (χ4v) is 2.74. The van der Waals surface area contributed by atoms with E-state index in [2.05, 4.69) is 0 Å². The molecule has 0 aromatic heterocycles. The molecule has 2 unspecified atom stereocenters. The summed E-state index contributed by atoms with van der Waals surface area (Å²) in [6, 6.07) is 12.9. The van der Waals surface area contributed by atoms with Crippen LogP contribution in [0, 0.1) is 13.8 Å². The van der Waals surface area contributed by atoms with Gasteiger partial charge in [-0.25, -0.2) is 4.79 Å². The summed E-state index contributed by atoms with van der Waals surface area (Å²) in [4.78, 5) is 11.4. The third-order valence-corrected chi connectivity index (χ3v) is 4.39. The molecule has 2 rings (SSSR count). The molecule has 0 spiro atoms. The lowest BCUT2D eigenvalue weighted by molar-refractivity contribution is -0.153. The third-order valence-electron chi connectivity index (χ3n) is 4.39. The van der Waals surface area contributed by atoms with E-state index < -0.39 is 18.2 Å². The Morgan fingerprint density at radius 1 is 0.966 bits per heavy atom. The molecule has 2 aromatic carbocycles. The topological polar surface area (TPSA) is 85.2 Å². The standard InChI is InChI=1S/C23H30O6/c1-15(2)29-22(23(25)26)12-18-6-5-7-20(11-18)27-13-19(24)14-28-21-9-8-16(3)17(4)10-21/h5-11,15,19,22,24H,12-14H2,1-4H3,(H,25,26). The number of ether oxygens (including phenoxy) is 3. The first-order valence-electron chi connectivity index (χ1n) is 9.72. The molecule has 0 saturated carbocycles. The Morgan fingerprint density at radius 3 is 2.21 bits per heavy atom. The van der Waals surface area contributed by atoms with Crippen LogP contribution in [0.5, 0.6) is 11.5 Å². The van der Waals surface area contributed by atoms with Gasteiger partial charge in [-0.1, -0.05) is 18.2 Å². The van der Waals surface area contributed by atoms with Crippen molar-refractivity contribution in [2.45, 2.75) is 52.4 Å². The monoisotopic (exact) mass is 402 g/mol. The number of rotatable bonds is 11. The molecule has 0 aliphatic heterocycles. The van der Waals surface area contributed by atoms with Gasteiger partial charge >= 0.3 is 5.97 Å². The zero-order valence-corrected chi connectivity index (χ0v) is 17.4. The average Bonchev–Trinajstić information content (AvgIpc) is 2.66. The second kappa shape index (κ2) is 10.8. The summed E-state index contributed by atoms with van der Waals surface area (Å²) in [5.74, 6) is 0.268. The van der Waals surface area contributed by atoms with Gasteiger partial charge in [0.15, 0.2) is 6.10 Å². The van der Waals surface area contributed by atoms with E-state index in [0.717, 1.165) is 11.1 Å². The molecular weight excluding hydrogens is 372 g/mol. The second-order valence-corrected chi connectivity index (χ2v) is 7.39. The molecule has 0 aliphatic rings. The molecule has 0 amide bonds. The molecule has 2 aromatic rings. The number of aliphatic hydroxyl groups excluding tert-OH is 1. The molecule has 2 atom stereocenters. The van der Waals surface area contributed by atoms with Gasteiger partial charge in [-0.2, -0.15) is 0 Å². The van der Waals surface area contributed by atoms with E-state index in [9.17, 15) is 15.0 Å². The lowest BCUT2D eigenvalue weighted by Gasteiger charge is -2.17. The van der Waals surface area contributed by atoms with E-state index in [1.807, 2.05) is 38.1 Å². The van der Waals surface area contributed by atoms with Gasteiger partial charge in [-0.05, 0) is 68.7 Å². The van der Waals surface area contributed by atoms with Crippen molar-refractivity contribution in [3.8, 4) is 11.5 Å². The molecule has 0 heterocycles. The van der Waals surface area contributed by atoms with Crippen molar-refractivity contribution in [1.29, 1.82) is 0 Å². The van der Waals surface area contributed by atoms with Crippen molar-refractivity contribution >= 4 is 5.97 Å². The average molecular weight is 402 g/mol. The van der Waals surface area contributed by atoms with Crippen LogP contribution < -0.4 is 9.47 Å². The molecule has 0 saturated heterocycles. The minimum absolute atomic E-state index is 0.0686. The Hall–Kier alpha value is -2.57. The minimum atomic E-state index is -0.996. The molecule has 0 aliphatic carbocycles. The highest BCUT2D eigenvalue weighted by atomic mass is 16.5. The van der Waals surface area contributed by atoms with Gasteiger partial charge in [0.25, 0.3) is 0 Å². The van der Waals surface area contributed by atoms with Crippen LogP contribution in [0.1, 0.15) is 30.5 Å². The Labute approximate surface area is 172 Å². The predicted molar refractivity (Wildman–Crippen MR) is 111 cm³/mol. The van der Waals surface area contributed by atoms with Gasteiger partial charge in [-0.15, -0.1) is 0 Å². The maximum absolute atomic E-state index is 11.4. The SMILES string of the molecule is Cc1ccc(OCC(O)COc2cccc(CC(OC(C)C)C(=O)O)c2)cc1C. The van der Waals surface area contributed by atoms with Gasteiger partial charge in [0.05, 0.1) is 6.10 Å². The van der Waals surface area contributed by atoms with Crippen molar-refractivity contribution in [2.24, 2.45) is 0 Å². The highest BCUT2D eigenvalue weighted by Gasteiger charge is 2.20. The maximum atomic E-state index is 11.4. The molecule has 29 heavy (non-hydrogen) atoms. The van der Waals surface area contributed by atoms with Crippen LogP contribution in [0.3, 0.4) is 0 Å². The van der Waals surface area contributed by atoms with Crippen LogP contribution in [0.25, 0.3) is 0 Å². The summed E-state index contributed by atoms with van der Waals surface area (Å²) in [5.41, 5.74) is 3.10. The molecular formula is C23H30O6. The van der Waals surface area contributed by atoms with Gasteiger partial charge in [-0.3, -0.25) is 0 Å². The molecule has 2 N–H and O–H groups in total. The van der Waals surface area contributed by atoms with E-state index in [4.69, 9.17) is 14.2 Å². The number of carboxylic acids is 1. The molecule has 0 fully saturated rings. The molecule has 158 valence electrons. The lowest BCUT2D eigenvalue weighted by atomic mass is 10.1. The van der Waals surface area contributed by atoms with E-state index >= 15 is 0 Å². The van der Waals surface area contributed by atoms with E-state index in [-0.39, 0.29) is 25.7 Å².